The Morgan fingerprint density at radius 2 is 1.52 bits per heavy atom. The molecular weight excluding hydrogens is 374 g/mol. The van der Waals surface area contributed by atoms with E-state index in [1.54, 1.807) is 10.8 Å². The molecule has 0 radical (unpaired) electrons. The molecule has 21 heavy (non-hydrogen) atoms. The van der Waals surface area contributed by atoms with Gasteiger partial charge in [0.15, 0.2) is 0 Å². The third-order valence-corrected chi connectivity index (χ3v) is 13.6. The van der Waals surface area contributed by atoms with Crippen molar-refractivity contribution in [3.63, 3.8) is 0 Å². The van der Waals surface area contributed by atoms with Crippen LogP contribution in [0.5, 0.6) is 0 Å². The summed E-state index contributed by atoms with van der Waals surface area (Å²) in [4.78, 5) is 0. The largest absolute Gasteiger partial charge is 1.00 e. The van der Waals surface area contributed by atoms with Gasteiger partial charge in [-0.3, -0.25) is 0 Å². The summed E-state index contributed by atoms with van der Waals surface area (Å²) in [5.74, 6) is 0. The molecule has 0 heterocycles. The summed E-state index contributed by atoms with van der Waals surface area (Å²) in [5.41, 5.74) is 1.54. The average molecular weight is 396 g/mol. The number of halogens is 3. The second-order valence-corrected chi connectivity index (χ2v) is 12.1. The van der Waals surface area contributed by atoms with Crippen LogP contribution in [0.1, 0.15) is 20.8 Å². The van der Waals surface area contributed by atoms with E-state index in [-0.39, 0.29) is 40.6 Å². The fourth-order valence-corrected chi connectivity index (χ4v) is 10.9. The molecule has 1 aromatic carbocycles. The summed E-state index contributed by atoms with van der Waals surface area (Å²) in [7, 11) is -1.53. The summed E-state index contributed by atoms with van der Waals surface area (Å²) in [6.07, 6.45) is 7.01. The normalized spacial score (nSPS) is 20.0. The van der Waals surface area contributed by atoms with Gasteiger partial charge in [0.1, 0.15) is 0 Å². The molecule has 1 atom stereocenters. The minimum Gasteiger partial charge on any atom is -1.00 e. The van der Waals surface area contributed by atoms with Gasteiger partial charge in [0, 0.05) is 0 Å². The van der Waals surface area contributed by atoms with Crippen molar-refractivity contribution in [3.05, 3.63) is 54.1 Å². The molecule has 0 aromatic heterocycles. The van der Waals surface area contributed by atoms with E-state index in [0.717, 1.165) is 0 Å². The Morgan fingerprint density at radius 3 is 1.90 bits per heavy atom. The Kier molecular flexibility index (Phi) is 10.9. The third-order valence-electron chi connectivity index (χ3n) is 4.60. The van der Waals surface area contributed by atoms with Crippen molar-refractivity contribution in [2.45, 2.75) is 36.2 Å². The Labute approximate surface area is 160 Å². The molecule has 0 nitrogen and oxygen atoms in total. The molecule has 0 spiro atoms. The SMILES string of the molecule is CC[Si](CC)(c1ccccc1)[C]1([Ti+3])C=CC=C1C.[Cl-].[Cl-].[Cl-]. The minimum atomic E-state index is -1.53. The Bertz CT molecular complexity index is 484. The van der Waals surface area contributed by atoms with Crippen LogP contribution in [-0.2, 0) is 20.4 Å². The Balaban J connectivity index is 0. The van der Waals surface area contributed by atoms with Gasteiger partial charge in [-0.15, -0.1) is 0 Å². The van der Waals surface area contributed by atoms with E-state index < -0.39 is 8.07 Å². The van der Waals surface area contributed by atoms with Gasteiger partial charge in [-0.25, -0.2) is 0 Å². The topological polar surface area (TPSA) is 0 Å². The van der Waals surface area contributed by atoms with Gasteiger partial charge in [0.25, 0.3) is 0 Å². The monoisotopic (exact) mass is 394 g/mol. The van der Waals surface area contributed by atoms with Crippen LogP contribution >= 0.6 is 0 Å². The Hall–Kier alpha value is 0.501. The molecule has 0 aliphatic heterocycles. The number of benzene rings is 1. The van der Waals surface area contributed by atoms with Crippen LogP contribution in [0, 0.1) is 0 Å². The minimum absolute atomic E-state index is 0. The zero-order valence-electron chi connectivity index (χ0n) is 12.7. The summed E-state index contributed by atoms with van der Waals surface area (Å²) >= 11 is 2.45. The number of hydrogen-bond donors (Lipinski definition) is 0. The van der Waals surface area contributed by atoms with Crippen molar-refractivity contribution in [1.82, 2.24) is 0 Å². The fraction of sp³-hybridized carbons (Fsp3) is 0.375. The van der Waals surface area contributed by atoms with Crippen molar-refractivity contribution >= 4 is 13.3 Å². The number of allylic oxidation sites excluding steroid dienone is 4. The van der Waals surface area contributed by atoms with Gasteiger partial charge < -0.3 is 37.2 Å². The number of hydrogen-bond acceptors (Lipinski definition) is 0. The molecule has 0 fully saturated rings. The zero-order chi connectivity index (χ0) is 13.2. The van der Waals surface area contributed by atoms with Gasteiger partial charge in [-0.05, 0) is 0 Å². The first-order valence-corrected chi connectivity index (χ1v) is 9.97. The molecule has 0 bridgehead atoms. The molecule has 1 aliphatic rings. The molecule has 0 saturated carbocycles. The van der Waals surface area contributed by atoms with Gasteiger partial charge in [0.2, 0.25) is 0 Å². The van der Waals surface area contributed by atoms with E-state index in [0.29, 0.717) is 0 Å². The van der Waals surface area contributed by atoms with Crippen LogP contribution in [0.3, 0.4) is 0 Å². The maximum absolute atomic E-state index is 2.45. The second-order valence-electron chi connectivity index (χ2n) is 5.17. The van der Waals surface area contributed by atoms with Crippen LogP contribution < -0.4 is 42.4 Å². The molecule has 2 rings (SSSR count). The summed E-state index contributed by atoms with van der Waals surface area (Å²) < 4.78 is 0.290. The quantitative estimate of drug-likeness (QED) is 0.449. The van der Waals surface area contributed by atoms with E-state index in [1.807, 2.05) is 0 Å². The average Bonchev–Trinajstić information content (AvgIpc) is 2.74. The second kappa shape index (κ2) is 9.60. The molecule has 1 aliphatic carbocycles. The molecule has 0 saturated heterocycles. The van der Waals surface area contributed by atoms with Gasteiger partial charge in [-0.2, -0.15) is 0 Å². The van der Waals surface area contributed by atoms with Crippen LogP contribution in [0.15, 0.2) is 54.1 Å². The molecular formula is C16H21Cl3SiTi. The van der Waals surface area contributed by atoms with Crippen LogP contribution in [0.4, 0.5) is 0 Å². The molecule has 0 N–H and O–H groups in total. The van der Waals surface area contributed by atoms with Crippen molar-refractivity contribution in [1.29, 1.82) is 0 Å². The van der Waals surface area contributed by atoms with Gasteiger partial charge >= 0.3 is 124 Å². The predicted molar refractivity (Wildman–Crippen MR) is 78.4 cm³/mol. The van der Waals surface area contributed by atoms with Crippen molar-refractivity contribution in [2.24, 2.45) is 0 Å². The first-order chi connectivity index (χ1) is 8.60. The fourth-order valence-electron chi connectivity index (χ4n) is 3.34. The van der Waals surface area contributed by atoms with E-state index in [4.69, 9.17) is 0 Å². The summed E-state index contributed by atoms with van der Waals surface area (Å²) in [6, 6.07) is 13.8. The van der Waals surface area contributed by atoms with E-state index in [2.05, 4.69) is 89.8 Å². The molecule has 114 valence electrons. The zero-order valence-corrected chi connectivity index (χ0v) is 17.5. The summed E-state index contributed by atoms with van der Waals surface area (Å²) in [5, 5.41) is 1.61. The maximum Gasteiger partial charge on any atom is -1.00 e. The van der Waals surface area contributed by atoms with Crippen LogP contribution in [0.2, 0.25) is 15.4 Å². The van der Waals surface area contributed by atoms with Crippen molar-refractivity contribution in [2.75, 3.05) is 0 Å². The predicted octanol–water partition coefficient (Wildman–Crippen LogP) is -4.84. The van der Waals surface area contributed by atoms with E-state index >= 15 is 0 Å². The molecule has 1 aromatic rings. The molecule has 5 heteroatoms. The summed E-state index contributed by atoms with van der Waals surface area (Å²) in [6.45, 7) is 7.07. The smallest absolute Gasteiger partial charge is 1.00 e. The first kappa shape index (κ1) is 23.8. The van der Waals surface area contributed by atoms with Crippen LogP contribution in [0.25, 0.3) is 0 Å². The molecule has 0 amide bonds. The maximum atomic E-state index is 2.45. The molecule has 1 unspecified atom stereocenters. The first-order valence-electron chi connectivity index (χ1n) is 6.78. The van der Waals surface area contributed by atoms with Crippen LogP contribution in [-0.4, -0.2) is 8.07 Å². The van der Waals surface area contributed by atoms with E-state index in [1.165, 1.54) is 12.1 Å². The van der Waals surface area contributed by atoms with Gasteiger partial charge in [-0.1, -0.05) is 0 Å². The third kappa shape index (κ3) is 3.88. The van der Waals surface area contributed by atoms with Crippen molar-refractivity contribution < 1.29 is 57.7 Å². The van der Waals surface area contributed by atoms with E-state index in [9.17, 15) is 0 Å². The number of rotatable bonds is 4. The van der Waals surface area contributed by atoms with Gasteiger partial charge in [0.05, 0.1) is 0 Å². The Morgan fingerprint density at radius 1 is 1.00 bits per heavy atom. The van der Waals surface area contributed by atoms with Crippen molar-refractivity contribution in [3.8, 4) is 0 Å². The standard InChI is InChI=1S/C16H21Si.3ClH.Ti/c1-4-17(5-2,15-11-7-6-8-12-15)16-13-9-10-14(16)3;;;;/h6-13H,4-5H2,1-3H3;3*1H;/q;;;;+3/p-3.